The lowest BCUT2D eigenvalue weighted by Crippen LogP contribution is -2.50. The molecule has 2 rings (SSSR count). The van der Waals surface area contributed by atoms with Crippen LogP contribution >= 0.6 is 0 Å². The molecule has 0 spiro atoms. The van der Waals surface area contributed by atoms with E-state index in [9.17, 15) is 9.90 Å². The second-order valence-electron chi connectivity index (χ2n) is 5.49. The van der Waals surface area contributed by atoms with E-state index < -0.39 is 11.5 Å². The van der Waals surface area contributed by atoms with Crippen molar-refractivity contribution in [2.45, 2.75) is 39.2 Å². The number of anilines is 1. The molecule has 2 N–H and O–H groups in total. The summed E-state index contributed by atoms with van der Waals surface area (Å²) in [4.78, 5) is 11.5. The van der Waals surface area contributed by atoms with Gasteiger partial charge in [-0.05, 0) is 44.4 Å². The van der Waals surface area contributed by atoms with Gasteiger partial charge in [0.1, 0.15) is 5.54 Å². The summed E-state index contributed by atoms with van der Waals surface area (Å²) < 4.78 is 0. The van der Waals surface area contributed by atoms with Crippen LogP contribution in [0.3, 0.4) is 0 Å². The van der Waals surface area contributed by atoms with E-state index in [4.69, 9.17) is 0 Å². The molecule has 1 aliphatic carbocycles. The second-order valence-corrected chi connectivity index (χ2v) is 5.49. The second kappa shape index (κ2) is 3.76. The topological polar surface area (TPSA) is 49.3 Å². The van der Waals surface area contributed by atoms with Crippen molar-refractivity contribution in [3.05, 3.63) is 29.8 Å². The van der Waals surface area contributed by atoms with E-state index in [1.165, 1.54) is 0 Å². The first-order valence-electron chi connectivity index (χ1n) is 5.96. The maximum Gasteiger partial charge on any atom is 0.329 e. The van der Waals surface area contributed by atoms with E-state index in [2.05, 4.69) is 5.32 Å². The van der Waals surface area contributed by atoms with Crippen molar-refractivity contribution in [1.29, 1.82) is 0 Å². The molecule has 1 atom stereocenters. The molecule has 1 saturated carbocycles. The minimum Gasteiger partial charge on any atom is -0.479 e. The molecular weight excluding hydrogens is 214 g/mol. The molecule has 0 aliphatic heterocycles. The molecule has 1 aromatic carbocycles. The molecule has 1 aliphatic rings. The average Bonchev–Trinajstić information content (AvgIpc) is 2.97. The third kappa shape index (κ3) is 2.02. The van der Waals surface area contributed by atoms with E-state index in [-0.39, 0.29) is 5.41 Å². The normalized spacial score (nSPS) is 20.4. The van der Waals surface area contributed by atoms with Gasteiger partial charge in [-0.1, -0.05) is 19.1 Å². The Labute approximate surface area is 102 Å². The maximum absolute atomic E-state index is 11.5. The molecule has 3 heteroatoms. The van der Waals surface area contributed by atoms with Gasteiger partial charge in [-0.25, -0.2) is 4.79 Å². The Morgan fingerprint density at radius 2 is 2.12 bits per heavy atom. The Hall–Kier alpha value is -1.51. The fourth-order valence-corrected chi connectivity index (χ4v) is 2.16. The summed E-state index contributed by atoms with van der Waals surface area (Å²) in [6.45, 7) is 5.82. The first-order valence-corrected chi connectivity index (χ1v) is 5.96. The highest BCUT2D eigenvalue weighted by molar-refractivity contribution is 5.84. The smallest absolute Gasteiger partial charge is 0.329 e. The molecule has 3 nitrogen and oxygen atoms in total. The van der Waals surface area contributed by atoms with Crippen LogP contribution in [0.2, 0.25) is 0 Å². The quantitative estimate of drug-likeness (QED) is 0.840. The third-order valence-electron chi connectivity index (χ3n) is 4.05. The predicted molar refractivity (Wildman–Crippen MR) is 68.2 cm³/mol. The van der Waals surface area contributed by atoms with Gasteiger partial charge >= 0.3 is 5.97 Å². The van der Waals surface area contributed by atoms with E-state index >= 15 is 0 Å². The van der Waals surface area contributed by atoms with Crippen LogP contribution in [0.5, 0.6) is 0 Å². The van der Waals surface area contributed by atoms with E-state index in [0.717, 1.165) is 24.1 Å². The Kier molecular flexibility index (Phi) is 2.64. The molecule has 0 heterocycles. The highest BCUT2D eigenvalue weighted by Crippen LogP contribution is 2.54. The molecule has 1 aromatic rings. The Balaban J connectivity index is 2.28. The van der Waals surface area contributed by atoms with Gasteiger partial charge in [0, 0.05) is 11.1 Å². The van der Waals surface area contributed by atoms with Crippen molar-refractivity contribution in [2.24, 2.45) is 5.41 Å². The highest BCUT2D eigenvalue weighted by Gasteiger charge is 2.57. The number of carboxylic acid groups (broad SMARTS) is 1. The SMILES string of the molecule is Cc1cccc(NC(C)(C(=O)O)C2(C)CC2)c1. The van der Waals surface area contributed by atoms with E-state index in [1.54, 1.807) is 6.92 Å². The number of aryl methyl sites for hydroxylation is 1. The van der Waals surface area contributed by atoms with Gasteiger partial charge in [0.15, 0.2) is 0 Å². The highest BCUT2D eigenvalue weighted by atomic mass is 16.4. The summed E-state index contributed by atoms with van der Waals surface area (Å²) in [5.41, 5.74) is 0.982. The van der Waals surface area contributed by atoms with Crippen molar-refractivity contribution in [1.82, 2.24) is 0 Å². The molecule has 92 valence electrons. The predicted octanol–water partition coefficient (Wildman–Crippen LogP) is 3.05. The zero-order chi connectivity index (χ0) is 12.7. The fraction of sp³-hybridized carbons (Fsp3) is 0.500. The van der Waals surface area contributed by atoms with Crippen LogP contribution in [-0.2, 0) is 4.79 Å². The molecule has 1 unspecified atom stereocenters. The van der Waals surface area contributed by atoms with E-state index in [0.29, 0.717) is 0 Å². The number of carboxylic acids is 1. The monoisotopic (exact) mass is 233 g/mol. The van der Waals surface area contributed by atoms with Gasteiger partial charge in [-0.15, -0.1) is 0 Å². The van der Waals surface area contributed by atoms with Gasteiger partial charge in [-0.2, -0.15) is 0 Å². The van der Waals surface area contributed by atoms with Gasteiger partial charge in [0.25, 0.3) is 0 Å². The van der Waals surface area contributed by atoms with Crippen LogP contribution in [0.15, 0.2) is 24.3 Å². The zero-order valence-electron chi connectivity index (χ0n) is 10.6. The lowest BCUT2D eigenvalue weighted by atomic mass is 9.83. The van der Waals surface area contributed by atoms with Crippen molar-refractivity contribution in [2.75, 3.05) is 5.32 Å². The molecule has 0 aromatic heterocycles. The van der Waals surface area contributed by atoms with Crippen molar-refractivity contribution in [3.63, 3.8) is 0 Å². The summed E-state index contributed by atoms with van der Waals surface area (Å²) in [6, 6.07) is 7.84. The van der Waals surface area contributed by atoms with Crippen LogP contribution in [0, 0.1) is 12.3 Å². The number of nitrogens with one attached hydrogen (secondary N) is 1. The molecule has 1 fully saturated rings. The molecular formula is C14H19NO2. The molecule has 17 heavy (non-hydrogen) atoms. The van der Waals surface area contributed by atoms with Crippen LogP contribution in [0.4, 0.5) is 5.69 Å². The first kappa shape index (κ1) is 12.0. The third-order valence-corrected chi connectivity index (χ3v) is 4.05. The lowest BCUT2D eigenvalue weighted by Gasteiger charge is -2.33. The minimum atomic E-state index is -0.888. The molecule has 0 saturated heterocycles. The average molecular weight is 233 g/mol. The van der Waals surface area contributed by atoms with Crippen molar-refractivity contribution < 1.29 is 9.90 Å². The lowest BCUT2D eigenvalue weighted by molar-refractivity contribution is -0.144. The van der Waals surface area contributed by atoms with Crippen molar-refractivity contribution >= 4 is 11.7 Å². The van der Waals surface area contributed by atoms with Gasteiger partial charge in [0.05, 0.1) is 0 Å². The number of rotatable bonds is 4. The van der Waals surface area contributed by atoms with Crippen LogP contribution in [-0.4, -0.2) is 16.6 Å². The summed E-state index contributed by atoms with van der Waals surface area (Å²) in [6.07, 6.45) is 1.93. The number of hydrogen-bond acceptors (Lipinski definition) is 2. The molecule has 0 bridgehead atoms. The Morgan fingerprint density at radius 3 is 2.59 bits per heavy atom. The largest absolute Gasteiger partial charge is 0.479 e. The molecule has 0 radical (unpaired) electrons. The summed E-state index contributed by atoms with van der Waals surface area (Å²) >= 11 is 0. The first-order chi connectivity index (χ1) is 7.87. The summed E-state index contributed by atoms with van der Waals surface area (Å²) in [7, 11) is 0. The van der Waals surface area contributed by atoms with Gasteiger partial charge in [0.2, 0.25) is 0 Å². The Bertz CT molecular complexity index is 451. The maximum atomic E-state index is 11.5. The van der Waals surface area contributed by atoms with Crippen molar-refractivity contribution in [3.8, 4) is 0 Å². The minimum absolute atomic E-state index is 0.136. The fourth-order valence-electron chi connectivity index (χ4n) is 2.16. The number of hydrogen-bond donors (Lipinski definition) is 2. The summed E-state index contributed by atoms with van der Waals surface area (Å²) in [5, 5.41) is 12.7. The van der Waals surface area contributed by atoms with Crippen LogP contribution in [0.1, 0.15) is 32.3 Å². The Morgan fingerprint density at radius 1 is 1.47 bits per heavy atom. The zero-order valence-corrected chi connectivity index (χ0v) is 10.6. The van der Waals surface area contributed by atoms with Crippen LogP contribution in [0.25, 0.3) is 0 Å². The van der Waals surface area contributed by atoms with Gasteiger partial charge < -0.3 is 10.4 Å². The summed E-state index contributed by atoms with van der Waals surface area (Å²) in [5.74, 6) is -0.779. The van der Waals surface area contributed by atoms with E-state index in [1.807, 2.05) is 38.1 Å². The van der Waals surface area contributed by atoms with Gasteiger partial charge in [-0.3, -0.25) is 0 Å². The number of benzene rings is 1. The number of carbonyl (C=O) groups is 1. The number of aliphatic carboxylic acids is 1. The molecule has 0 amide bonds. The van der Waals surface area contributed by atoms with Crippen LogP contribution < -0.4 is 5.32 Å². The standard InChI is InChI=1S/C14H19NO2/c1-10-5-4-6-11(9-10)15-14(3,12(16)17)13(2)7-8-13/h4-6,9,15H,7-8H2,1-3H3,(H,16,17).